The molecule has 0 radical (unpaired) electrons. The van der Waals surface area contributed by atoms with Gasteiger partial charge in [-0.25, -0.2) is 4.79 Å². The van der Waals surface area contributed by atoms with Gasteiger partial charge in [-0.15, -0.1) is 0 Å². The van der Waals surface area contributed by atoms with Crippen molar-refractivity contribution in [1.82, 2.24) is 10.6 Å². The maximum atomic E-state index is 11.5. The molecule has 0 fully saturated rings. The smallest absolute Gasteiger partial charge is 0.407 e. The van der Waals surface area contributed by atoms with E-state index in [1.165, 1.54) is 0 Å². The van der Waals surface area contributed by atoms with Crippen LogP contribution < -0.4 is 15.4 Å². The van der Waals surface area contributed by atoms with Crippen LogP contribution in [-0.4, -0.2) is 38.4 Å². The first-order valence-electron chi connectivity index (χ1n) is 7.24. The number of carbonyl (C=O) groups excluding carboxylic acids is 1. The lowest BCUT2D eigenvalue weighted by atomic mass is 10.1. The van der Waals surface area contributed by atoms with E-state index in [-0.39, 0.29) is 6.09 Å². The summed E-state index contributed by atoms with van der Waals surface area (Å²) < 4.78 is 10.7. The van der Waals surface area contributed by atoms with Crippen LogP contribution in [0.2, 0.25) is 0 Å². The molecule has 0 heterocycles. The number of alkyl carbamates (subject to hydrolysis) is 1. The highest BCUT2D eigenvalue weighted by molar-refractivity contribution is 5.67. The van der Waals surface area contributed by atoms with Gasteiger partial charge in [0.25, 0.3) is 0 Å². The molecule has 5 heteroatoms. The largest absolute Gasteiger partial charge is 0.492 e. The average Bonchev–Trinajstić information content (AvgIpc) is 2.39. The third-order valence-electron chi connectivity index (χ3n) is 2.63. The van der Waals surface area contributed by atoms with Crippen LogP contribution in [0.15, 0.2) is 24.3 Å². The molecule has 0 saturated heterocycles. The van der Waals surface area contributed by atoms with Crippen molar-refractivity contribution in [3.05, 3.63) is 29.8 Å². The molecule has 2 N–H and O–H groups in total. The van der Waals surface area contributed by atoms with Gasteiger partial charge in [0.15, 0.2) is 0 Å². The SMILES string of the molecule is CNCCOc1ccc(CCNC(=O)OC(C)(C)C)cc1. The molecular formula is C16H26N2O3. The molecule has 0 aliphatic rings. The first-order chi connectivity index (χ1) is 9.90. The fourth-order valence-electron chi connectivity index (χ4n) is 1.65. The molecule has 0 aliphatic carbocycles. The van der Waals surface area contributed by atoms with Crippen LogP contribution in [0.5, 0.6) is 5.75 Å². The van der Waals surface area contributed by atoms with Crippen molar-refractivity contribution in [3.63, 3.8) is 0 Å². The first kappa shape index (κ1) is 17.3. The quantitative estimate of drug-likeness (QED) is 0.758. The Labute approximate surface area is 127 Å². The number of likely N-dealkylation sites (N-methyl/N-ethyl adjacent to an activating group) is 1. The topological polar surface area (TPSA) is 59.6 Å². The first-order valence-corrected chi connectivity index (χ1v) is 7.24. The van der Waals surface area contributed by atoms with Crippen molar-refractivity contribution >= 4 is 6.09 Å². The van der Waals surface area contributed by atoms with Gasteiger partial charge in [0.05, 0.1) is 0 Å². The number of hydrogen-bond acceptors (Lipinski definition) is 4. The van der Waals surface area contributed by atoms with Crippen molar-refractivity contribution in [2.24, 2.45) is 0 Å². The van der Waals surface area contributed by atoms with Crippen molar-refractivity contribution < 1.29 is 14.3 Å². The second-order valence-corrected chi connectivity index (χ2v) is 5.77. The van der Waals surface area contributed by atoms with Crippen molar-refractivity contribution in [2.45, 2.75) is 32.8 Å². The van der Waals surface area contributed by atoms with E-state index >= 15 is 0 Å². The standard InChI is InChI=1S/C16H26N2O3/c1-16(2,3)21-15(19)18-10-9-13-5-7-14(8-6-13)20-12-11-17-4/h5-8,17H,9-12H2,1-4H3,(H,18,19). The van der Waals surface area contributed by atoms with Gasteiger partial charge in [0.2, 0.25) is 0 Å². The minimum absolute atomic E-state index is 0.380. The predicted molar refractivity (Wildman–Crippen MR) is 83.8 cm³/mol. The highest BCUT2D eigenvalue weighted by atomic mass is 16.6. The van der Waals surface area contributed by atoms with Crippen molar-refractivity contribution in [2.75, 3.05) is 26.7 Å². The molecule has 21 heavy (non-hydrogen) atoms. The summed E-state index contributed by atoms with van der Waals surface area (Å²) in [5.74, 6) is 0.856. The van der Waals surface area contributed by atoms with E-state index in [1.807, 2.05) is 52.1 Å². The number of carbonyl (C=O) groups is 1. The van der Waals surface area contributed by atoms with Crippen LogP contribution >= 0.6 is 0 Å². The molecule has 0 aromatic heterocycles. The predicted octanol–water partition coefficient (Wildman–Crippen LogP) is 2.35. The number of hydrogen-bond donors (Lipinski definition) is 2. The van der Waals surface area contributed by atoms with E-state index in [0.717, 1.165) is 24.3 Å². The molecule has 0 atom stereocenters. The Balaban J connectivity index is 2.28. The second-order valence-electron chi connectivity index (χ2n) is 5.77. The van der Waals surface area contributed by atoms with Crippen LogP contribution in [-0.2, 0) is 11.2 Å². The number of benzene rings is 1. The molecule has 0 spiro atoms. The Hall–Kier alpha value is -1.75. The molecule has 5 nitrogen and oxygen atoms in total. The molecule has 1 rings (SSSR count). The summed E-state index contributed by atoms with van der Waals surface area (Å²) >= 11 is 0. The Morgan fingerprint density at radius 2 is 1.81 bits per heavy atom. The van der Waals surface area contributed by atoms with E-state index in [2.05, 4.69) is 10.6 Å². The summed E-state index contributed by atoms with van der Waals surface area (Å²) in [5, 5.41) is 5.77. The van der Waals surface area contributed by atoms with Gasteiger partial charge in [0.1, 0.15) is 18.0 Å². The molecule has 118 valence electrons. The summed E-state index contributed by atoms with van der Waals surface area (Å²) in [6.07, 6.45) is 0.380. The minimum atomic E-state index is -0.462. The number of amides is 1. The molecule has 0 unspecified atom stereocenters. The molecule has 1 amide bonds. The van der Waals surface area contributed by atoms with Crippen LogP contribution in [0.1, 0.15) is 26.3 Å². The monoisotopic (exact) mass is 294 g/mol. The van der Waals surface area contributed by atoms with Crippen molar-refractivity contribution in [1.29, 1.82) is 0 Å². The molecule has 0 aliphatic heterocycles. The van der Waals surface area contributed by atoms with Gasteiger partial charge in [-0.2, -0.15) is 0 Å². The van der Waals surface area contributed by atoms with Gasteiger partial charge >= 0.3 is 6.09 Å². The normalized spacial score (nSPS) is 11.0. The maximum Gasteiger partial charge on any atom is 0.407 e. The highest BCUT2D eigenvalue weighted by Gasteiger charge is 2.15. The van der Waals surface area contributed by atoms with E-state index in [4.69, 9.17) is 9.47 Å². The van der Waals surface area contributed by atoms with Crippen LogP contribution in [0.4, 0.5) is 4.79 Å². The maximum absolute atomic E-state index is 11.5. The zero-order chi connectivity index (χ0) is 15.7. The highest BCUT2D eigenvalue weighted by Crippen LogP contribution is 2.12. The van der Waals surface area contributed by atoms with Gasteiger partial charge in [-0.3, -0.25) is 0 Å². The summed E-state index contributed by atoms with van der Waals surface area (Å²) in [7, 11) is 1.89. The number of ether oxygens (including phenoxy) is 2. The van der Waals surface area contributed by atoms with Crippen molar-refractivity contribution in [3.8, 4) is 5.75 Å². The number of rotatable bonds is 7. The zero-order valence-corrected chi connectivity index (χ0v) is 13.4. The van der Waals surface area contributed by atoms with Gasteiger partial charge in [-0.1, -0.05) is 12.1 Å². The van der Waals surface area contributed by atoms with Crippen LogP contribution in [0, 0.1) is 0 Å². The molecule has 1 aromatic carbocycles. The van der Waals surface area contributed by atoms with E-state index in [9.17, 15) is 4.79 Å². The third-order valence-corrected chi connectivity index (χ3v) is 2.63. The molecule has 0 bridgehead atoms. The zero-order valence-electron chi connectivity index (χ0n) is 13.4. The fourth-order valence-corrected chi connectivity index (χ4v) is 1.65. The Kier molecular flexibility index (Phi) is 7.02. The molecule has 0 saturated carbocycles. The van der Waals surface area contributed by atoms with Gasteiger partial charge in [-0.05, 0) is 51.9 Å². The lowest BCUT2D eigenvalue weighted by molar-refractivity contribution is 0.0528. The van der Waals surface area contributed by atoms with E-state index < -0.39 is 5.60 Å². The fraction of sp³-hybridized carbons (Fsp3) is 0.562. The van der Waals surface area contributed by atoms with E-state index in [0.29, 0.717) is 13.2 Å². The third kappa shape index (κ3) is 8.19. The lowest BCUT2D eigenvalue weighted by Gasteiger charge is -2.19. The van der Waals surface area contributed by atoms with E-state index in [1.54, 1.807) is 0 Å². The molecular weight excluding hydrogens is 268 g/mol. The van der Waals surface area contributed by atoms with Crippen LogP contribution in [0.25, 0.3) is 0 Å². The summed E-state index contributed by atoms with van der Waals surface area (Å²) in [4.78, 5) is 11.5. The second kappa shape index (κ2) is 8.52. The molecule has 1 aromatic rings. The van der Waals surface area contributed by atoms with Gasteiger partial charge < -0.3 is 20.1 Å². The summed E-state index contributed by atoms with van der Waals surface area (Å²) in [5.41, 5.74) is 0.684. The number of nitrogens with one attached hydrogen (secondary N) is 2. The summed E-state index contributed by atoms with van der Waals surface area (Å²) in [6, 6.07) is 7.90. The Bertz CT molecular complexity index is 424. The van der Waals surface area contributed by atoms with Gasteiger partial charge in [0, 0.05) is 13.1 Å². The average molecular weight is 294 g/mol. The lowest BCUT2D eigenvalue weighted by Crippen LogP contribution is -2.33. The Morgan fingerprint density at radius 1 is 1.14 bits per heavy atom. The summed E-state index contributed by atoms with van der Waals surface area (Å²) in [6.45, 7) is 7.56. The Morgan fingerprint density at radius 3 is 2.38 bits per heavy atom. The minimum Gasteiger partial charge on any atom is -0.492 e. The van der Waals surface area contributed by atoms with Crippen LogP contribution in [0.3, 0.4) is 0 Å².